The van der Waals surface area contributed by atoms with E-state index in [4.69, 9.17) is 23.7 Å². The van der Waals surface area contributed by atoms with Crippen LogP contribution < -0.4 is 4.74 Å². The van der Waals surface area contributed by atoms with Gasteiger partial charge in [-0.3, -0.25) is 0 Å². The Labute approximate surface area is 229 Å². The summed E-state index contributed by atoms with van der Waals surface area (Å²) in [6, 6.07) is 17.2. The van der Waals surface area contributed by atoms with Crippen LogP contribution in [-0.2, 0) is 39.7 Å². The van der Waals surface area contributed by atoms with Crippen LogP contribution in [0.15, 0.2) is 84.9 Å². The maximum Gasteiger partial charge on any atom is 0.432 e. The molecule has 0 N–H and O–H groups in total. The number of para-hydroxylation sites is 1. The summed E-state index contributed by atoms with van der Waals surface area (Å²) in [6.45, 7) is 0. The molecule has 0 amide bonds. The van der Waals surface area contributed by atoms with Gasteiger partial charge in [0.15, 0.2) is 0 Å². The fraction of sp³-hybridized carbons (Fsp3) is 0.286. The smallest absolute Gasteiger partial charge is 0.432 e. The van der Waals surface area contributed by atoms with E-state index < -0.39 is 59.0 Å². The maximum atomic E-state index is 14.4. The normalized spacial score (nSPS) is 19.7. The van der Waals surface area contributed by atoms with E-state index in [0.717, 1.165) is 24.3 Å². The standard InChI is InChI=1S/C28H22F6O7/c1-37-25(27(29,30)31,17-11-5-3-6-12-17)23(35)40-21-19-15-9-10-16-20(19)39-22(21)41-24(36)26(38-2,28(32,33)34)18-13-7-4-8-14-18/h3-16,21-22H,1-2H3/t21-,22+,25+,26+/m1/s1. The molecule has 41 heavy (non-hydrogen) atoms. The average molecular weight is 584 g/mol. The lowest BCUT2D eigenvalue weighted by Crippen LogP contribution is -2.54. The van der Waals surface area contributed by atoms with E-state index in [-0.39, 0.29) is 11.3 Å². The highest BCUT2D eigenvalue weighted by Gasteiger charge is 2.67. The third kappa shape index (κ3) is 4.99. The van der Waals surface area contributed by atoms with Gasteiger partial charge in [-0.05, 0) is 6.07 Å². The van der Waals surface area contributed by atoms with Gasteiger partial charge < -0.3 is 23.7 Å². The van der Waals surface area contributed by atoms with Crippen molar-refractivity contribution in [2.45, 2.75) is 35.9 Å². The SMILES string of the molecule is CO[C@](C(=O)O[C@@H]1Oc2ccccc2[C@H]1OC(=O)[C@@](OC)(c1ccccc1)C(F)(F)F)(c1ccccc1)C(F)(F)F. The van der Waals surface area contributed by atoms with Gasteiger partial charge in [0.1, 0.15) is 5.75 Å². The Morgan fingerprint density at radius 3 is 1.49 bits per heavy atom. The number of carbonyl (C=O) groups is 2. The fourth-order valence-electron chi connectivity index (χ4n) is 4.52. The van der Waals surface area contributed by atoms with E-state index >= 15 is 0 Å². The molecule has 0 spiro atoms. The van der Waals surface area contributed by atoms with Crippen molar-refractivity contribution in [3.63, 3.8) is 0 Å². The molecule has 0 radical (unpaired) electrons. The third-order valence-electron chi connectivity index (χ3n) is 6.52. The van der Waals surface area contributed by atoms with Crippen LogP contribution in [0.25, 0.3) is 0 Å². The summed E-state index contributed by atoms with van der Waals surface area (Å²) >= 11 is 0. The molecule has 1 aliphatic rings. The molecule has 0 saturated carbocycles. The highest BCUT2D eigenvalue weighted by molar-refractivity contribution is 5.84. The Morgan fingerprint density at radius 1 is 0.634 bits per heavy atom. The molecule has 4 atom stereocenters. The molecule has 3 aromatic rings. The summed E-state index contributed by atoms with van der Waals surface area (Å²) in [5.41, 5.74) is -8.60. The van der Waals surface area contributed by atoms with Crippen LogP contribution in [0, 0.1) is 0 Å². The molecule has 4 rings (SSSR count). The Bertz CT molecular complexity index is 1380. The molecule has 1 aliphatic heterocycles. The number of methoxy groups -OCH3 is 2. The fourth-order valence-corrected chi connectivity index (χ4v) is 4.52. The van der Waals surface area contributed by atoms with Gasteiger partial charge in [0.2, 0.25) is 6.10 Å². The molecular formula is C28H22F6O7. The van der Waals surface area contributed by atoms with E-state index in [1.165, 1.54) is 60.7 Å². The predicted octanol–water partition coefficient (Wildman–Crippen LogP) is 5.74. The molecule has 0 fully saturated rings. The van der Waals surface area contributed by atoms with Crippen LogP contribution in [0.2, 0.25) is 0 Å². The van der Waals surface area contributed by atoms with Crippen LogP contribution in [0.3, 0.4) is 0 Å². The lowest BCUT2D eigenvalue weighted by atomic mass is 9.92. The summed E-state index contributed by atoms with van der Waals surface area (Å²) in [5.74, 6) is -4.08. The maximum absolute atomic E-state index is 14.4. The van der Waals surface area contributed by atoms with Crippen LogP contribution in [0.1, 0.15) is 22.8 Å². The summed E-state index contributed by atoms with van der Waals surface area (Å²) in [5, 5.41) is 0. The number of hydrogen-bond acceptors (Lipinski definition) is 7. The van der Waals surface area contributed by atoms with Gasteiger partial charge in [0, 0.05) is 30.9 Å². The van der Waals surface area contributed by atoms with E-state index in [9.17, 15) is 35.9 Å². The van der Waals surface area contributed by atoms with Crippen LogP contribution in [-0.4, -0.2) is 44.8 Å². The number of rotatable bonds is 8. The number of alkyl halides is 6. The van der Waals surface area contributed by atoms with E-state index in [2.05, 4.69) is 0 Å². The van der Waals surface area contributed by atoms with Gasteiger partial charge >= 0.3 is 24.3 Å². The largest absolute Gasteiger partial charge is 0.450 e. The first-order valence-corrected chi connectivity index (χ1v) is 11.9. The molecule has 0 aliphatic carbocycles. The van der Waals surface area contributed by atoms with Crippen molar-refractivity contribution < 1.29 is 59.6 Å². The molecule has 0 aromatic heterocycles. The predicted molar refractivity (Wildman–Crippen MR) is 128 cm³/mol. The van der Waals surface area contributed by atoms with Crippen LogP contribution >= 0.6 is 0 Å². The second-order valence-electron chi connectivity index (χ2n) is 8.75. The number of ether oxygens (including phenoxy) is 5. The van der Waals surface area contributed by atoms with Crippen molar-refractivity contribution in [2.24, 2.45) is 0 Å². The minimum atomic E-state index is -5.35. The van der Waals surface area contributed by atoms with Crippen molar-refractivity contribution >= 4 is 11.9 Å². The second kappa shape index (κ2) is 11.1. The van der Waals surface area contributed by atoms with Crippen LogP contribution in [0.4, 0.5) is 26.3 Å². The summed E-state index contributed by atoms with van der Waals surface area (Å²) in [6.07, 6.45) is -14.7. The van der Waals surface area contributed by atoms with Gasteiger partial charge in [-0.2, -0.15) is 26.3 Å². The lowest BCUT2D eigenvalue weighted by Gasteiger charge is -2.35. The molecule has 0 unspecified atom stereocenters. The second-order valence-corrected chi connectivity index (χ2v) is 8.75. The van der Waals surface area contributed by atoms with Gasteiger partial charge in [0.25, 0.3) is 17.5 Å². The number of fused-ring (bicyclic) bond motifs is 1. The van der Waals surface area contributed by atoms with E-state index in [1.54, 1.807) is 0 Å². The lowest BCUT2D eigenvalue weighted by molar-refractivity contribution is -0.290. The topological polar surface area (TPSA) is 80.3 Å². The van der Waals surface area contributed by atoms with Crippen LogP contribution in [0.5, 0.6) is 5.75 Å². The number of halogens is 6. The van der Waals surface area contributed by atoms with E-state index in [0.29, 0.717) is 14.2 Å². The number of hydrogen-bond donors (Lipinski definition) is 0. The van der Waals surface area contributed by atoms with Crippen molar-refractivity contribution in [3.8, 4) is 5.75 Å². The molecule has 7 nitrogen and oxygen atoms in total. The monoisotopic (exact) mass is 584 g/mol. The number of carbonyl (C=O) groups excluding carboxylic acids is 2. The Hall–Kier alpha value is -4.10. The average Bonchev–Trinajstić information content (AvgIpc) is 3.26. The number of esters is 2. The first-order chi connectivity index (χ1) is 19.3. The third-order valence-corrected chi connectivity index (χ3v) is 6.52. The Morgan fingerprint density at radius 2 is 1.05 bits per heavy atom. The zero-order valence-electron chi connectivity index (χ0n) is 21.4. The minimum Gasteiger partial charge on any atom is -0.450 e. The molecule has 0 bridgehead atoms. The van der Waals surface area contributed by atoms with Crippen molar-refractivity contribution in [3.05, 3.63) is 102 Å². The molecule has 3 aromatic carbocycles. The minimum absolute atomic E-state index is 0.0615. The van der Waals surface area contributed by atoms with Gasteiger partial charge in [0.05, 0.1) is 0 Å². The zero-order valence-corrected chi connectivity index (χ0v) is 21.4. The van der Waals surface area contributed by atoms with Crippen molar-refractivity contribution in [1.82, 2.24) is 0 Å². The highest BCUT2D eigenvalue weighted by atomic mass is 19.4. The summed E-state index contributed by atoms with van der Waals surface area (Å²) < 4.78 is 112. The summed E-state index contributed by atoms with van der Waals surface area (Å²) in [7, 11) is 1.29. The summed E-state index contributed by atoms with van der Waals surface area (Å²) in [4.78, 5) is 26.5. The quantitative estimate of drug-likeness (QED) is 0.247. The van der Waals surface area contributed by atoms with Crippen molar-refractivity contribution in [1.29, 1.82) is 0 Å². The zero-order chi connectivity index (χ0) is 30.1. The van der Waals surface area contributed by atoms with Gasteiger partial charge in [-0.1, -0.05) is 78.9 Å². The van der Waals surface area contributed by atoms with Gasteiger partial charge in [-0.25, -0.2) is 9.59 Å². The first kappa shape index (κ1) is 29.9. The molecule has 218 valence electrons. The van der Waals surface area contributed by atoms with Crippen molar-refractivity contribution in [2.75, 3.05) is 14.2 Å². The molecular weight excluding hydrogens is 562 g/mol. The Kier molecular flexibility index (Phi) is 8.05. The first-order valence-electron chi connectivity index (χ1n) is 11.9. The Balaban J connectivity index is 1.74. The molecule has 0 saturated heterocycles. The van der Waals surface area contributed by atoms with E-state index in [1.807, 2.05) is 0 Å². The van der Waals surface area contributed by atoms with Gasteiger partial charge in [-0.15, -0.1) is 0 Å². The highest BCUT2D eigenvalue weighted by Crippen LogP contribution is 2.48. The number of benzene rings is 3. The molecule has 1 heterocycles. The molecule has 13 heteroatoms.